The second-order valence-electron chi connectivity index (χ2n) is 13.4. The van der Waals surface area contributed by atoms with Crippen molar-refractivity contribution in [3.8, 4) is 17.3 Å². The van der Waals surface area contributed by atoms with Crippen LogP contribution in [0.15, 0.2) is 42.6 Å². The Labute approximate surface area is 267 Å². The van der Waals surface area contributed by atoms with Crippen molar-refractivity contribution < 1.29 is 18.7 Å². The van der Waals surface area contributed by atoms with Crippen LogP contribution in [-0.2, 0) is 4.74 Å². The van der Waals surface area contributed by atoms with Crippen LogP contribution in [0.4, 0.5) is 15.0 Å². The summed E-state index contributed by atoms with van der Waals surface area (Å²) >= 11 is 6.61. The number of amides is 1. The minimum absolute atomic E-state index is 0.0463. The molecule has 0 aliphatic carbocycles. The molecule has 9 nitrogen and oxygen atoms in total. The number of halogens is 2. The highest BCUT2D eigenvalue weighted by Gasteiger charge is 2.45. The number of fused-ring (bicyclic) bond motifs is 4. The number of hydrogen-bond donors (Lipinski definition) is 0. The molecule has 2 aromatic heterocycles. The molecule has 236 valence electrons. The molecule has 2 bridgehead atoms. The van der Waals surface area contributed by atoms with E-state index in [1.807, 2.05) is 56.0 Å². The SMILES string of the molecule is CN1CCC[C@H]1COc1nc(N2CC3CCC(C2)N3C(=O)OC(C)(C)C)c2cnc(-c3cccc4cccc(Cl)c34)c(F)c2n1. The van der Waals surface area contributed by atoms with Gasteiger partial charge >= 0.3 is 12.1 Å². The maximum Gasteiger partial charge on any atom is 0.410 e. The number of anilines is 1. The fourth-order valence-electron chi connectivity index (χ4n) is 7.06. The maximum absolute atomic E-state index is 16.7. The Morgan fingerprint density at radius 2 is 1.80 bits per heavy atom. The van der Waals surface area contributed by atoms with Crippen LogP contribution in [-0.4, -0.2) is 87.9 Å². The molecule has 5 heterocycles. The van der Waals surface area contributed by atoms with Gasteiger partial charge in [0, 0.05) is 41.3 Å². The smallest absolute Gasteiger partial charge is 0.410 e. The van der Waals surface area contributed by atoms with E-state index in [-0.39, 0.29) is 41.4 Å². The minimum atomic E-state index is -0.578. The Morgan fingerprint density at radius 1 is 1.07 bits per heavy atom. The van der Waals surface area contributed by atoms with Crippen LogP contribution in [0.2, 0.25) is 5.02 Å². The first kappa shape index (κ1) is 29.9. The first-order valence-corrected chi connectivity index (χ1v) is 16.1. The number of piperazine rings is 1. The lowest BCUT2D eigenvalue weighted by Crippen LogP contribution is -2.57. The van der Waals surface area contributed by atoms with E-state index in [0.717, 1.165) is 43.0 Å². The number of likely N-dealkylation sites (N-methyl/N-ethyl adjacent to an activating group) is 1. The van der Waals surface area contributed by atoms with Crippen molar-refractivity contribution >= 4 is 45.2 Å². The van der Waals surface area contributed by atoms with Crippen LogP contribution in [0, 0.1) is 5.82 Å². The van der Waals surface area contributed by atoms with Crippen molar-refractivity contribution in [1.29, 1.82) is 0 Å². The zero-order chi connectivity index (χ0) is 31.5. The lowest BCUT2D eigenvalue weighted by Gasteiger charge is -2.42. The van der Waals surface area contributed by atoms with E-state index in [4.69, 9.17) is 26.1 Å². The summed E-state index contributed by atoms with van der Waals surface area (Å²) in [5.74, 6) is 0.00573. The van der Waals surface area contributed by atoms with Crippen LogP contribution >= 0.6 is 11.6 Å². The Bertz CT molecular complexity index is 1760. The number of rotatable bonds is 5. The standard InChI is InChI=1S/C34H38ClFN6O3/c1-34(2,3)45-33(43)42-21-13-14-22(42)18-41(17-21)31-25-16-37-29(24-11-5-8-20-9-6-12-26(35)27(20)24)28(36)30(25)38-32(39-31)44-19-23-10-7-15-40(23)4/h5-6,8-9,11-12,16,21-23H,7,10,13-15,17-19H2,1-4H3/t21?,22?,23-/m0/s1. The van der Waals surface area contributed by atoms with Gasteiger partial charge in [0.25, 0.3) is 0 Å². The van der Waals surface area contributed by atoms with Gasteiger partial charge in [-0.15, -0.1) is 0 Å². The third-order valence-corrected chi connectivity index (χ3v) is 9.53. The van der Waals surface area contributed by atoms with Gasteiger partial charge in [0.15, 0.2) is 5.82 Å². The van der Waals surface area contributed by atoms with E-state index >= 15 is 4.39 Å². The second-order valence-corrected chi connectivity index (χ2v) is 13.8. The summed E-state index contributed by atoms with van der Waals surface area (Å²) in [4.78, 5) is 33.5. The molecule has 7 rings (SSSR count). The molecule has 45 heavy (non-hydrogen) atoms. The van der Waals surface area contributed by atoms with Crippen molar-refractivity contribution in [1.82, 2.24) is 24.8 Å². The maximum atomic E-state index is 16.7. The molecule has 2 aromatic carbocycles. The average Bonchev–Trinajstić information content (AvgIpc) is 3.53. The zero-order valence-electron chi connectivity index (χ0n) is 26.1. The van der Waals surface area contributed by atoms with E-state index in [1.165, 1.54) is 0 Å². The number of nitrogens with zero attached hydrogens (tertiary/aromatic N) is 6. The normalized spacial score (nSPS) is 22.0. The first-order chi connectivity index (χ1) is 21.6. The lowest BCUT2D eigenvalue weighted by atomic mass is 10.0. The lowest BCUT2D eigenvalue weighted by molar-refractivity contribution is 0.0122. The molecule has 3 atom stereocenters. The fourth-order valence-corrected chi connectivity index (χ4v) is 7.34. The summed E-state index contributed by atoms with van der Waals surface area (Å²) in [6.07, 6.45) is 5.21. The van der Waals surface area contributed by atoms with Crippen molar-refractivity contribution in [3.63, 3.8) is 0 Å². The van der Waals surface area contributed by atoms with Crippen molar-refractivity contribution in [2.24, 2.45) is 0 Å². The van der Waals surface area contributed by atoms with Crippen molar-refractivity contribution in [2.45, 2.75) is 70.2 Å². The molecular formula is C34H38ClFN6O3. The third-order valence-electron chi connectivity index (χ3n) is 9.21. The topological polar surface area (TPSA) is 83.9 Å². The largest absolute Gasteiger partial charge is 0.462 e. The number of ether oxygens (including phenoxy) is 2. The highest BCUT2D eigenvalue weighted by Crippen LogP contribution is 2.39. The minimum Gasteiger partial charge on any atom is -0.462 e. The van der Waals surface area contributed by atoms with Crippen LogP contribution in [0.5, 0.6) is 6.01 Å². The van der Waals surface area contributed by atoms with E-state index in [1.54, 1.807) is 12.3 Å². The molecule has 0 N–H and O–H groups in total. The summed E-state index contributed by atoms with van der Waals surface area (Å²) in [5.41, 5.74) is 0.329. The molecule has 0 saturated carbocycles. The fraction of sp³-hybridized carbons (Fsp3) is 0.471. The van der Waals surface area contributed by atoms with E-state index in [2.05, 4.69) is 26.8 Å². The molecule has 3 aliphatic rings. The van der Waals surface area contributed by atoms with Gasteiger partial charge in [0.05, 0.1) is 17.5 Å². The summed E-state index contributed by atoms with van der Waals surface area (Å²) in [7, 11) is 2.08. The highest BCUT2D eigenvalue weighted by atomic mass is 35.5. The van der Waals surface area contributed by atoms with E-state index < -0.39 is 11.4 Å². The van der Waals surface area contributed by atoms with Crippen LogP contribution in [0.3, 0.4) is 0 Å². The predicted octanol–water partition coefficient (Wildman–Crippen LogP) is 6.70. The van der Waals surface area contributed by atoms with Crippen LogP contribution in [0.25, 0.3) is 32.9 Å². The highest BCUT2D eigenvalue weighted by molar-refractivity contribution is 6.36. The van der Waals surface area contributed by atoms with Gasteiger partial charge in [-0.05, 0) is 71.5 Å². The van der Waals surface area contributed by atoms with Gasteiger partial charge in [-0.25, -0.2) is 9.18 Å². The van der Waals surface area contributed by atoms with Gasteiger partial charge in [0.2, 0.25) is 0 Å². The molecular weight excluding hydrogens is 595 g/mol. The van der Waals surface area contributed by atoms with Gasteiger partial charge in [0.1, 0.15) is 29.2 Å². The molecule has 0 spiro atoms. The number of benzene rings is 2. The summed E-state index contributed by atoms with van der Waals surface area (Å²) in [6.45, 7) is 8.14. The van der Waals surface area contributed by atoms with E-state index in [0.29, 0.717) is 41.5 Å². The van der Waals surface area contributed by atoms with E-state index in [9.17, 15) is 4.79 Å². The summed E-state index contributed by atoms with van der Waals surface area (Å²) < 4.78 is 28.6. The number of carbonyl (C=O) groups is 1. The molecule has 3 fully saturated rings. The number of pyridine rings is 1. The quantitative estimate of drug-likeness (QED) is 0.240. The van der Waals surface area contributed by atoms with Crippen molar-refractivity contribution in [2.75, 3.05) is 38.2 Å². The molecule has 3 saturated heterocycles. The molecule has 2 unspecified atom stereocenters. The first-order valence-electron chi connectivity index (χ1n) is 15.7. The number of hydrogen-bond acceptors (Lipinski definition) is 8. The summed E-state index contributed by atoms with van der Waals surface area (Å²) in [5, 5.41) is 2.65. The van der Waals surface area contributed by atoms with Gasteiger partial charge < -0.3 is 19.3 Å². The van der Waals surface area contributed by atoms with Gasteiger partial charge in [-0.1, -0.05) is 41.9 Å². The monoisotopic (exact) mass is 632 g/mol. The average molecular weight is 633 g/mol. The summed E-state index contributed by atoms with van der Waals surface area (Å²) in [6, 6.07) is 11.5. The van der Waals surface area contributed by atoms with Gasteiger partial charge in [-0.2, -0.15) is 9.97 Å². The Morgan fingerprint density at radius 3 is 2.49 bits per heavy atom. The van der Waals surface area contributed by atoms with Gasteiger partial charge in [-0.3, -0.25) is 9.88 Å². The molecule has 3 aliphatic heterocycles. The molecule has 4 aromatic rings. The number of aromatic nitrogens is 3. The predicted molar refractivity (Wildman–Crippen MR) is 173 cm³/mol. The van der Waals surface area contributed by atoms with Crippen LogP contribution in [0.1, 0.15) is 46.5 Å². The Kier molecular flexibility index (Phi) is 7.68. The Hall–Kier alpha value is -3.76. The number of likely N-dealkylation sites (tertiary alicyclic amines) is 1. The molecule has 1 amide bonds. The van der Waals surface area contributed by atoms with Crippen LogP contribution < -0.4 is 9.64 Å². The Balaban J connectivity index is 1.29. The number of carbonyl (C=O) groups excluding carboxylic acids is 1. The zero-order valence-corrected chi connectivity index (χ0v) is 26.9. The second kappa shape index (κ2) is 11.6. The molecule has 11 heteroatoms. The third kappa shape index (κ3) is 5.63. The van der Waals surface area contributed by atoms with Crippen molar-refractivity contribution in [3.05, 3.63) is 53.4 Å². The molecule has 0 radical (unpaired) electrons.